The van der Waals surface area contributed by atoms with E-state index in [9.17, 15) is 0 Å². The Morgan fingerprint density at radius 1 is 1.13 bits per heavy atom. The molecule has 3 rings (SSSR count). The van der Waals surface area contributed by atoms with Crippen LogP contribution in [0.3, 0.4) is 0 Å². The SMILES string of the molecule is C=C(C)c1ccn(-c2cc(Nc3ccc(C)cc3)ncc2C)c1. The van der Waals surface area contributed by atoms with Gasteiger partial charge in [0.15, 0.2) is 0 Å². The fraction of sp³-hybridized carbons (Fsp3) is 0.150. The number of pyridine rings is 1. The Morgan fingerprint density at radius 2 is 1.87 bits per heavy atom. The highest BCUT2D eigenvalue weighted by atomic mass is 15.0. The molecule has 2 aromatic heterocycles. The number of rotatable bonds is 4. The van der Waals surface area contributed by atoms with Crippen LogP contribution < -0.4 is 5.32 Å². The summed E-state index contributed by atoms with van der Waals surface area (Å²) in [6.45, 7) is 10.2. The number of aryl methyl sites for hydroxylation is 2. The summed E-state index contributed by atoms with van der Waals surface area (Å²) in [5, 5.41) is 3.36. The third kappa shape index (κ3) is 3.34. The number of hydrogen-bond donors (Lipinski definition) is 1. The molecule has 0 aliphatic heterocycles. The predicted molar refractivity (Wildman–Crippen MR) is 97.5 cm³/mol. The van der Waals surface area contributed by atoms with Crippen LogP contribution in [-0.2, 0) is 0 Å². The van der Waals surface area contributed by atoms with Gasteiger partial charge in [-0.15, -0.1) is 0 Å². The predicted octanol–water partition coefficient (Wildman–Crippen LogP) is 5.27. The molecule has 0 bridgehead atoms. The summed E-state index contributed by atoms with van der Waals surface area (Å²) in [7, 11) is 0. The van der Waals surface area contributed by atoms with Gasteiger partial charge in [-0.3, -0.25) is 0 Å². The lowest BCUT2D eigenvalue weighted by molar-refractivity contribution is 1.04. The Morgan fingerprint density at radius 3 is 2.52 bits per heavy atom. The normalized spacial score (nSPS) is 10.6. The van der Waals surface area contributed by atoms with E-state index in [1.807, 2.05) is 13.1 Å². The number of anilines is 2. The Labute approximate surface area is 137 Å². The molecule has 0 saturated heterocycles. The van der Waals surface area contributed by atoms with Crippen LogP contribution in [0.1, 0.15) is 23.6 Å². The van der Waals surface area contributed by atoms with Gasteiger partial charge in [-0.05, 0) is 55.7 Å². The summed E-state index contributed by atoms with van der Waals surface area (Å²) in [5.41, 5.74) is 6.73. The number of benzene rings is 1. The number of nitrogens with zero attached hydrogens (tertiary/aromatic N) is 2. The summed E-state index contributed by atoms with van der Waals surface area (Å²) in [5.74, 6) is 0.833. The minimum Gasteiger partial charge on any atom is -0.340 e. The van der Waals surface area contributed by atoms with E-state index >= 15 is 0 Å². The van der Waals surface area contributed by atoms with Crippen LogP contribution in [0.25, 0.3) is 11.3 Å². The highest BCUT2D eigenvalue weighted by Gasteiger charge is 2.06. The van der Waals surface area contributed by atoms with Crippen molar-refractivity contribution in [2.24, 2.45) is 0 Å². The van der Waals surface area contributed by atoms with Gasteiger partial charge >= 0.3 is 0 Å². The highest BCUT2D eigenvalue weighted by molar-refractivity contribution is 5.63. The van der Waals surface area contributed by atoms with Gasteiger partial charge in [-0.2, -0.15) is 0 Å². The minimum atomic E-state index is 0.833. The maximum absolute atomic E-state index is 4.48. The van der Waals surface area contributed by atoms with E-state index in [0.717, 1.165) is 33.9 Å². The second-order valence-corrected chi connectivity index (χ2v) is 5.93. The number of hydrogen-bond acceptors (Lipinski definition) is 2. The molecular formula is C20H21N3. The second kappa shape index (κ2) is 6.13. The van der Waals surface area contributed by atoms with Crippen LogP contribution in [-0.4, -0.2) is 9.55 Å². The van der Waals surface area contributed by atoms with Gasteiger partial charge in [-0.25, -0.2) is 4.98 Å². The molecule has 0 spiro atoms. The molecule has 3 aromatic rings. The summed E-state index contributed by atoms with van der Waals surface area (Å²) in [6.07, 6.45) is 6.05. The number of allylic oxidation sites excluding steroid dienone is 1. The smallest absolute Gasteiger partial charge is 0.132 e. The van der Waals surface area contributed by atoms with Crippen LogP contribution in [0.15, 0.2) is 61.6 Å². The fourth-order valence-corrected chi connectivity index (χ4v) is 2.44. The molecule has 0 saturated carbocycles. The highest BCUT2D eigenvalue weighted by Crippen LogP contribution is 2.22. The van der Waals surface area contributed by atoms with Crippen molar-refractivity contribution in [3.05, 3.63) is 78.3 Å². The van der Waals surface area contributed by atoms with E-state index in [0.29, 0.717) is 0 Å². The Bertz CT molecular complexity index is 842. The average Bonchev–Trinajstić information content (AvgIpc) is 3.01. The standard InChI is InChI=1S/C20H21N3/c1-14(2)17-9-10-23(13-17)19-11-20(21-12-16(19)4)22-18-7-5-15(3)6-8-18/h5-13H,1H2,2-4H3,(H,21,22). The summed E-state index contributed by atoms with van der Waals surface area (Å²) >= 11 is 0. The zero-order valence-electron chi connectivity index (χ0n) is 13.8. The van der Waals surface area contributed by atoms with Crippen molar-refractivity contribution >= 4 is 17.1 Å². The van der Waals surface area contributed by atoms with E-state index in [-0.39, 0.29) is 0 Å². The van der Waals surface area contributed by atoms with Gasteiger partial charge in [0, 0.05) is 30.3 Å². The maximum atomic E-state index is 4.48. The van der Waals surface area contributed by atoms with Crippen molar-refractivity contribution in [3.63, 3.8) is 0 Å². The van der Waals surface area contributed by atoms with E-state index in [1.165, 1.54) is 5.56 Å². The van der Waals surface area contributed by atoms with E-state index in [2.05, 4.69) is 84.1 Å². The summed E-state index contributed by atoms with van der Waals surface area (Å²) in [6, 6.07) is 12.4. The Hall–Kier alpha value is -2.81. The first kappa shape index (κ1) is 15.1. The molecule has 0 fully saturated rings. The van der Waals surface area contributed by atoms with Crippen molar-refractivity contribution in [2.75, 3.05) is 5.32 Å². The molecular weight excluding hydrogens is 282 g/mol. The molecule has 1 aromatic carbocycles. The van der Waals surface area contributed by atoms with E-state index < -0.39 is 0 Å². The molecule has 0 aliphatic carbocycles. The molecule has 0 aliphatic rings. The zero-order valence-corrected chi connectivity index (χ0v) is 13.8. The summed E-state index contributed by atoms with van der Waals surface area (Å²) < 4.78 is 2.11. The van der Waals surface area contributed by atoms with Crippen LogP contribution in [0.4, 0.5) is 11.5 Å². The van der Waals surface area contributed by atoms with Crippen LogP contribution >= 0.6 is 0 Å². The average molecular weight is 303 g/mol. The first-order valence-electron chi connectivity index (χ1n) is 7.67. The molecule has 0 amide bonds. The summed E-state index contributed by atoms with van der Waals surface area (Å²) in [4.78, 5) is 4.48. The minimum absolute atomic E-state index is 0.833. The quantitative estimate of drug-likeness (QED) is 0.712. The largest absolute Gasteiger partial charge is 0.340 e. The van der Waals surface area contributed by atoms with Crippen molar-refractivity contribution < 1.29 is 0 Å². The number of aromatic nitrogens is 2. The second-order valence-electron chi connectivity index (χ2n) is 5.93. The van der Waals surface area contributed by atoms with Crippen molar-refractivity contribution in [3.8, 4) is 5.69 Å². The lowest BCUT2D eigenvalue weighted by Crippen LogP contribution is -1.99. The van der Waals surface area contributed by atoms with Crippen molar-refractivity contribution in [1.29, 1.82) is 0 Å². The van der Waals surface area contributed by atoms with Crippen molar-refractivity contribution in [2.45, 2.75) is 20.8 Å². The number of nitrogens with one attached hydrogen (secondary N) is 1. The molecule has 3 nitrogen and oxygen atoms in total. The third-order valence-corrected chi connectivity index (χ3v) is 3.86. The van der Waals surface area contributed by atoms with Crippen LogP contribution in [0.2, 0.25) is 0 Å². The van der Waals surface area contributed by atoms with Crippen molar-refractivity contribution in [1.82, 2.24) is 9.55 Å². The Balaban J connectivity index is 1.92. The first-order valence-corrected chi connectivity index (χ1v) is 7.67. The fourth-order valence-electron chi connectivity index (χ4n) is 2.44. The molecule has 2 heterocycles. The maximum Gasteiger partial charge on any atom is 0.132 e. The van der Waals surface area contributed by atoms with E-state index in [1.54, 1.807) is 0 Å². The van der Waals surface area contributed by atoms with Gasteiger partial charge < -0.3 is 9.88 Å². The molecule has 0 atom stereocenters. The zero-order chi connectivity index (χ0) is 16.4. The van der Waals surface area contributed by atoms with Gasteiger partial charge in [0.25, 0.3) is 0 Å². The van der Waals surface area contributed by atoms with Gasteiger partial charge in [-0.1, -0.05) is 24.3 Å². The van der Waals surface area contributed by atoms with Crippen LogP contribution in [0.5, 0.6) is 0 Å². The monoisotopic (exact) mass is 303 g/mol. The van der Waals surface area contributed by atoms with Gasteiger partial charge in [0.05, 0.1) is 5.69 Å². The first-order chi connectivity index (χ1) is 11.0. The van der Waals surface area contributed by atoms with E-state index in [4.69, 9.17) is 0 Å². The lowest BCUT2D eigenvalue weighted by Gasteiger charge is -2.11. The lowest BCUT2D eigenvalue weighted by atomic mass is 10.2. The molecule has 0 radical (unpaired) electrons. The van der Waals surface area contributed by atoms with Gasteiger partial charge in [0.1, 0.15) is 5.82 Å². The van der Waals surface area contributed by atoms with Gasteiger partial charge in [0.2, 0.25) is 0 Å². The molecule has 3 heteroatoms. The Kier molecular flexibility index (Phi) is 4.02. The third-order valence-electron chi connectivity index (χ3n) is 3.86. The van der Waals surface area contributed by atoms with Crippen LogP contribution in [0, 0.1) is 13.8 Å². The molecule has 23 heavy (non-hydrogen) atoms. The topological polar surface area (TPSA) is 29.9 Å². The molecule has 0 unspecified atom stereocenters. The molecule has 1 N–H and O–H groups in total. The molecule has 116 valence electrons.